The third-order valence-electron chi connectivity index (χ3n) is 7.05. The molecule has 2 N–H and O–H groups in total. The van der Waals surface area contributed by atoms with E-state index in [1.54, 1.807) is 4.68 Å². The normalized spacial score (nSPS) is 29.4. The van der Waals surface area contributed by atoms with Gasteiger partial charge in [-0.15, -0.1) is 0 Å². The Balaban J connectivity index is 1.50. The molecule has 0 radical (unpaired) electrons. The smallest absolute Gasteiger partial charge is 0.317 e. The molecule has 0 aliphatic heterocycles. The van der Waals surface area contributed by atoms with Crippen LogP contribution >= 0.6 is 0 Å². The Bertz CT molecular complexity index is 1040. The lowest BCUT2D eigenvalue weighted by Crippen LogP contribution is -2.52. The van der Waals surface area contributed by atoms with Gasteiger partial charge in [0.25, 0.3) is 5.91 Å². The second kappa shape index (κ2) is 6.54. The van der Waals surface area contributed by atoms with Gasteiger partial charge in [-0.2, -0.15) is 23.4 Å². The molecule has 4 aliphatic carbocycles. The minimum absolute atomic E-state index is 0.0103. The molecule has 2 heterocycles. The molecular formula is C19H21F3N6O3. The van der Waals surface area contributed by atoms with Crippen molar-refractivity contribution in [3.05, 3.63) is 33.4 Å². The average Bonchev–Trinajstić information content (AvgIpc) is 3.25. The summed E-state index contributed by atoms with van der Waals surface area (Å²) in [5.74, 6) is 0.587. The summed E-state index contributed by atoms with van der Waals surface area (Å²) in [6.07, 6.45) is 2.54. The predicted octanol–water partition coefficient (Wildman–Crippen LogP) is 4.02. The van der Waals surface area contributed by atoms with Crippen LogP contribution in [0.3, 0.4) is 0 Å². The molecule has 4 aliphatic rings. The quantitative estimate of drug-likeness (QED) is 0.552. The number of carbonyl (C=O) groups is 1. The average molecular weight is 438 g/mol. The van der Waals surface area contributed by atoms with Crippen molar-refractivity contribution in [2.24, 2.45) is 17.8 Å². The van der Waals surface area contributed by atoms with Crippen LogP contribution in [0.15, 0.2) is 6.20 Å². The van der Waals surface area contributed by atoms with E-state index in [0.29, 0.717) is 17.8 Å². The number of aryl methyl sites for hydroxylation is 1. The first-order valence-corrected chi connectivity index (χ1v) is 10.2. The molecule has 6 rings (SSSR count). The largest absolute Gasteiger partial charge is 0.437 e. The number of carbonyl (C=O) groups excluding carboxylic acids is 1. The number of halogens is 3. The molecule has 4 bridgehead atoms. The Morgan fingerprint density at radius 1 is 1.26 bits per heavy atom. The number of nitrogens with one attached hydrogen (secondary N) is 2. The van der Waals surface area contributed by atoms with Crippen LogP contribution in [0.1, 0.15) is 60.4 Å². The highest BCUT2D eigenvalue weighted by Crippen LogP contribution is 2.58. The summed E-state index contributed by atoms with van der Waals surface area (Å²) >= 11 is 0. The van der Waals surface area contributed by atoms with Crippen molar-refractivity contribution >= 4 is 17.3 Å². The van der Waals surface area contributed by atoms with E-state index in [-0.39, 0.29) is 11.2 Å². The van der Waals surface area contributed by atoms with Gasteiger partial charge in [0.15, 0.2) is 5.69 Å². The van der Waals surface area contributed by atoms with Crippen LogP contribution in [0.2, 0.25) is 0 Å². The van der Waals surface area contributed by atoms with E-state index in [9.17, 15) is 28.1 Å². The van der Waals surface area contributed by atoms with E-state index < -0.39 is 39.8 Å². The zero-order valence-electron chi connectivity index (χ0n) is 16.7. The molecule has 2 aromatic rings. The molecule has 4 fully saturated rings. The van der Waals surface area contributed by atoms with E-state index in [1.807, 2.05) is 0 Å². The molecule has 0 aromatic carbocycles. The zero-order chi connectivity index (χ0) is 22.1. The molecule has 9 nitrogen and oxygen atoms in total. The van der Waals surface area contributed by atoms with Crippen LogP contribution < -0.4 is 5.32 Å². The number of aromatic nitrogens is 4. The van der Waals surface area contributed by atoms with E-state index >= 15 is 0 Å². The molecule has 12 heteroatoms. The van der Waals surface area contributed by atoms with Crippen molar-refractivity contribution in [2.45, 2.75) is 57.2 Å². The minimum atomic E-state index is -4.79. The minimum Gasteiger partial charge on any atom is -0.317 e. The fourth-order valence-electron chi connectivity index (χ4n) is 6.21. The molecule has 0 saturated heterocycles. The first-order valence-electron chi connectivity index (χ1n) is 10.2. The molecule has 31 heavy (non-hydrogen) atoms. The first-order chi connectivity index (χ1) is 14.6. The van der Waals surface area contributed by atoms with Gasteiger partial charge in [-0.25, -0.2) is 0 Å². The number of alkyl halides is 3. The van der Waals surface area contributed by atoms with Crippen molar-refractivity contribution < 1.29 is 22.9 Å². The lowest BCUT2D eigenvalue weighted by atomic mass is 9.53. The molecule has 166 valence electrons. The molecular weight excluding hydrogens is 417 g/mol. The molecule has 2 aromatic heterocycles. The second-order valence-corrected chi connectivity index (χ2v) is 9.23. The molecule has 0 unspecified atom stereocenters. The summed E-state index contributed by atoms with van der Waals surface area (Å²) in [4.78, 5) is 23.7. The van der Waals surface area contributed by atoms with E-state index in [0.717, 1.165) is 38.5 Å². The Labute approximate surface area is 174 Å². The maximum absolute atomic E-state index is 13.2. The summed E-state index contributed by atoms with van der Waals surface area (Å²) < 4.78 is 41.1. The summed E-state index contributed by atoms with van der Waals surface area (Å²) in [6.45, 7) is 1.32. The number of H-pyrrole nitrogens is 1. The SMILES string of the molecule is Cc1[nH]nc(C(F)(F)F)c1NC(=O)c1nn(C23CC4CC(CC(C4)C2)C3)cc1[N+](=O)[O-]. The number of anilines is 1. The van der Waals surface area contributed by atoms with Crippen molar-refractivity contribution in [3.63, 3.8) is 0 Å². The maximum atomic E-state index is 13.2. The Morgan fingerprint density at radius 2 is 1.84 bits per heavy atom. The molecule has 0 atom stereocenters. The third kappa shape index (κ3) is 3.19. The van der Waals surface area contributed by atoms with Crippen LogP contribution in [-0.4, -0.2) is 30.8 Å². The number of hydrogen-bond donors (Lipinski definition) is 2. The van der Waals surface area contributed by atoms with Crippen LogP contribution in [0.4, 0.5) is 24.5 Å². The predicted molar refractivity (Wildman–Crippen MR) is 101 cm³/mol. The monoisotopic (exact) mass is 438 g/mol. The van der Waals surface area contributed by atoms with Crippen molar-refractivity contribution in [1.82, 2.24) is 20.0 Å². The highest BCUT2D eigenvalue weighted by Gasteiger charge is 2.53. The molecule has 1 amide bonds. The van der Waals surface area contributed by atoms with E-state index in [2.05, 4.69) is 20.6 Å². The third-order valence-corrected chi connectivity index (χ3v) is 7.05. The lowest BCUT2D eigenvalue weighted by molar-refractivity contribution is -0.385. The van der Waals surface area contributed by atoms with Crippen LogP contribution in [0, 0.1) is 34.8 Å². The molecule has 0 spiro atoms. The Hall–Kier alpha value is -2.92. The van der Waals surface area contributed by atoms with Gasteiger partial charge < -0.3 is 5.32 Å². The summed E-state index contributed by atoms with van der Waals surface area (Å²) in [5.41, 5.74) is -3.22. The van der Waals surface area contributed by atoms with Gasteiger partial charge in [-0.05, 0) is 63.2 Å². The fourth-order valence-corrected chi connectivity index (χ4v) is 6.21. The summed E-state index contributed by atoms with van der Waals surface area (Å²) in [5, 5.41) is 23.4. The van der Waals surface area contributed by atoms with Gasteiger partial charge in [0.05, 0.1) is 21.8 Å². The second-order valence-electron chi connectivity index (χ2n) is 9.23. The Kier molecular flexibility index (Phi) is 4.22. The standard InChI is InChI=1S/C19H21F3N6O3/c1-9-14(16(25-24-9)19(20,21)22)23-17(29)15-13(28(30)31)8-27(26-15)18-5-10-2-11(6-18)4-12(3-10)7-18/h8,10-12H,2-7H2,1H3,(H,23,29)(H,24,25). The number of nitro groups is 1. The van der Waals surface area contributed by atoms with E-state index in [4.69, 9.17) is 0 Å². The zero-order valence-corrected chi connectivity index (χ0v) is 16.7. The van der Waals surface area contributed by atoms with Gasteiger partial charge in [-0.3, -0.25) is 24.7 Å². The van der Waals surface area contributed by atoms with Crippen molar-refractivity contribution in [1.29, 1.82) is 0 Å². The van der Waals surface area contributed by atoms with E-state index in [1.165, 1.54) is 13.1 Å². The highest BCUT2D eigenvalue weighted by molar-refractivity contribution is 6.06. The van der Waals surface area contributed by atoms with Crippen LogP contribution in [-0.2, 0) is 11.7 Å². The highest BCUT2D eigenvalue weighted by atomic mass is 19.4. The number of nitrogens with zero attached hydrogens (tertiary/aromatic N) is 4. The van der Waals surface area contributed by atoms with Gasteiger partial charge in [0.1, 0.15) is 6.20 Å². The number of aromatic amines is 1. The van der Waals surface area contributed by atoms with Crippen molar-refractivity contribution in [3.8, 4) is 0 Å². The summed E-state index contributed by atoms with van der Waals surface area (Å²) in [7, 11) is 0. The topological polar surface area (TPSA) is 119 Å². The van der Waals surface area contributed by atoms with Crippen LogP contribution in [0.5, 0.6) is 0 Å². The van der Waals surface area contributed by atoms with Crippen LogP contribution in [0.25, 0.3) is 0 Å². The Morgan fingerprint density at radius 3 is 2.35 bits per heavy atom. The molecule has 4 saturated carbocycles. The number of hydrogen-bond acceptors (Lipinski definition) is 5. The maximum Gasteiger partial charge on any atom is 0.437 e. The van der Waals surface area contributed by atoms with Crippen molar-refractivity contribution in [2.75, 3.05) is 5.32 Å². The first kappa shape index (κ1) is 20.0. The summed E-state index contributed by atoms with van der Waals surface area (Å²) in [6, 6.07) is 0. The van der Waals surface area contributed by atoms with Gasteiger partial charge in [0.2, 0.25) is 5.69 Å². The lowest BCUT2D eigenvalue weighted by Gasteiger charge is -2.56. The number of amides is 1. The fraction of sp³-hybridized carbons (Fsp3) is 0.632. The van der Waals surface area contributed by atoms with Gasteiger partial charge >= 0.3 is 11.9 Å². The van der Waals surface area contributed by atoms with Gasteiger partial charge in [0, 0.05) is 0 Å². The number of rotatable bonds is 4. The van der Waals surface area contributed by atoms with Gasteiger partial charge in [-0.1, -0.05) is 0 Å².